The Labute approximate surface area is 168 Å². The van der Waals surface area contributed by atoms with Crippen LogP contribution in [0, 0.1) is 6.92 Å². The van der Waals surface area contributed by atoms with E-state index < -0.39 is 17.3 Å². The van der Waals surface area contributed by atoms with Crippen molar-refractivity contribution in [1.82, 2.24) is 10.6 Å². The molecule has 2 amide bonds. The summed E-state index contributed by atoms with van der Waals surface area (Å²) in [5.41, 5.74) is 1.37. The molecule has 1 rings (SSSR count). The maximum absolute atomic E-state index is 11.4. The molecule has 1 aromatic carbocycles. The highest BCUT2D eigenvalue weighted by molar-refractivity contribution is 5.68. The van der Waals surface area contributed by atoms with E-state index in [2.05, 4.69) is 10.6 Å². The lowest BCUT2D eigenvalue weighted by Crippen LogP contribution is -2.33. The summed E-state index contributed by atoms with van der Waals surface area (Å²) >= 11 is 0. The molecule has 0 unspecified atom stereocenters. The molecule has 0 aliphatic heterocycles. The average Bonchev–Trinajstić information content (AvgIpc) is 2.52. The van der Waals surface area contributed by atoms with E-state index in [1.807, 2.05) is 52.0 Å². The van der Waals surface area contributed by atoms with E-state index in [1.165, 1.54) is 5.56 Å². The Balaban J connectivity index is 0.000000546. The number of aliphatic hydroxyl groups is 1. The van der Waals surface area contributed by atoms with E-state index in [1.54, 1.807) is 20.8 Å². The van der Waals surface area contributed by atoms with Gasteiger partial charge in [0.1, 0.15) is 11.2 Å². The number of aliphatic hydroxyl groups excluding tert-OH is 1. The first kappa shape index (κ1) is 25.7. The summed E-state index contributed by atoms with van der Waals surface area (Å²) in [6, 6.07) is 7.95. The number of rotatable bonds is 5. The van der Waals surface area contributed by atoms with Crippen molar-refractivity contribution >= 4 is 12.2 Å². The van der Waals surface area contributed by atoms with Gasteiger partial charge < -0.3 is 25.2 Å². The van der Waals surface area contributed by atoms with Crippen LogP contribution in [0.1, 0.15) is 59.1 Å². The number of ether oxygens (including phenoxy) is 2. The van der Waals surface area contributed by atoms with Crippen LogP contribution < -0.4 is 10.6 Å². The van der Waals surface area contributed by atoms with Gasteiger partial charge in [-0.15, -0.1) is 0 Å². The zero-order chi connectivity index (χ0) is 21.8. The number of aryl methyl sites for hydroxylation is 1. The molecule has 160 valence electrons. The minimum atomic E-state index is -0.455. The maximum Gasteiger partial charge on any atom is 0.407 e. The number of hydrogen-bond acceptors (Lipinski definition) is 5. The van der Waals surface area contributed by atoms with Crippen LogP contribution in [0.2, 0.25) is 0 Å². The fourth-order valence-electron chi connectivity index (χ4n) is 1.87. The molecular formula is C21H36N2O5. The largest absolute Gasteiger partial charge is 0.444 e. The van der Waals surface area contributed by atoms with Crippen molar-refractivity contribution in [3.05, 3.63) is 35.4 Å². The third-order valence-electron chi connectivity index (χ3n) is 3.09. The van der Waals surface area contributed by atoms with Crippen molar-refractivity contribution in [3.63, 3.8) is 0 Å². The molecule has 0 saturated carbocycles. The van der Waals surface area contributed by atoms with Gasteiger partial charge in [-0.05, 0) is 66.0 Å². The minimum Gasteiger partial charge on any atom is -0.444 e. The summed E-state index contributed by atoms with van der Waals surface area (Å²) in [7, 11) is 0. The molecule has 0 aliphatic carbocycles. The lowest BCUT2D eigenvalue weighted by molar-refractivity contribution is 0.0512. The quantitative estimate of drug-likeness (QED) is 0.656. The number of nitrogens with one attached hydrogen (secondary N) is 2. The number of carbonyl (C=O) groups excluding carboxylic acids is 2. The van der Waals surface area contributed by atoms with Crippen LogP contribution in [0.4, 0.5) is 9.59 Å². The van der Waals surface area contributed by atoms with Crippen molar-refractivity contribution in [1.29, 1.82) is 0 Å². The van der Waals surface area contributed by atoms with Crippen LogP contribution in [0.25, 0.3) is 0 Å². The first-order valence-electron chi connectivity index (χ1n) is 9.43. The summed E-state index contributed by atoms with van der Waals surface area (Å²) < 4.78 is 10.1. The molecule has 28 heavy (non-hydrogen) atoms. The molecule has 3 N–H and O–H groups in total. The predicted molar refractivity (Wildman–Crippen MR) is 110 cm³/mol. The van der Waals surface area contributed by atoms with Crippen molar-refractivity contribution in [3.8, 4) is 0 Å². The molecule has 0 aliphatic rings. The molecule has 0 aromatic heterocycles. The van der Waals surface area contributed by atoms with Gasteiger partial charge in [-0.3, -0.25) is 0 Å². The van der Waals surface area contributed by atoms with Gasteiger partial charge in [0, 0.05) is 19.7 Å². The normalized spacial score (nSPS) is 11.0. The van der Waals surface area contributed by atoms with E-state index in [-0.39, 0.29) is 12.7 Å². The third kappa shape index (κ3) is 14.8. The molecule has 0 bridgehead atoms. The Kier molecular flexibility index (Phi) is 11.2. The number of benzene rings is 1. The van der Waals surface area contributed by atoms with Gasteiger partial charge in [0.05, 0.1) is 0 Å². The van der Waals surface area contributed by atoms with Gasteiger partial charge in [0.25, 0.3) is 0 Å². The fraction of sp³-hybridized carbons (Fsp3) is 0.619. The molecule has 1 aromatic rings. The van der Waals surface area contributed by atoms with Crippen LogP contribution in [-0.2, 0) is 16.0 Å². The van der Waals surface area contributed by atoms with Gasteiger partial charge in [-0.25, -0.2) is 9.59 Å². The van der Waals surface area contributed by atoms with E-state index in [0.717, 1.165) is 5.56 Å². The lowest BCUT2D eigenvalue weighted by Gasteiger charge is -2.19. The number of alkyl carbamates (subject to hydrolysis) is 2. The summed E-state index contributed by atoms with van der Waals surface area (Å²) in [5, 5.41) is 13.7. The van der Waals surface area contributed by atoms with Crippen LogP contribution in [0.15, 0.2) is 24.3 Å². The molecule has 7 heteroatoms. The lowest BCUT2D eigenvalue weighted by atomic mass is 10.1. The van der Waals surface area contributed by atoms with Crippen LogP contribution >= 0.6 is 0 Å². The molecule has 0 spiro atoms. The van der Waals surface area contributed by atoms with Crippen molar-refractivity contribution < 1.29 is 24.2 Å². The summed E-state index contributed by atoms with van der Waals surface area (Å²) in [6.07, 6.45) is -0.258. The van der Waals surface area contributed by atoms with E-state index in [0.29, 0.717) is 19.5 Å². The molecule has 0 fully saturated rings. The highest BCUT2D eigenvalue weighted by atomic mass is 16.6. The molecule has 0 heterocycles. The first-order chi connectivity index (χ1) is 12.8. The molecule has 7 nitrogen and oxygen atoms in total. The van der Waals surface area contributed by atoms with Crippen LogP contribution in [0.5, 0.6) is 0 Å². The highest BCUT2D eigenvalue weighted by Gasteiger charge is 2.16. The minimum absolute atomic E-state index is 0.0792. The fourth-order valence-corrected chi connectivity index (χ4v) is 1.87. The second-order valence-electron chi connectivity index (χ2n) is 8.29. The van der Waals surface area contributed by atoms with Gasteiger partial charge in [-0.1, -0.05) is 24.3 Å². The zero-order valence-corrected chi connectivity index (χ0v) is 18.2. The maximum atomic E-state index is 11.4. The Hall–Kier alpha value is -2.28. The molecule has 0 atom stereocenters. The van der Waals surface area contributed by atoms with Crippen molar-refractivity contribution in [2.24, 2.45) is 0 Å². The molecule has 0 radical (unpaired) electrons. The van der Waals surface area contributed by atoms with Crippen molar-refractivity contribution in [2.45, 2.75) is 72.6 Å². The number of carbonyl (C=O) groups is 2. The zero-order valence-electron chi connectivity index (χ0n) is 18.2. The smallest absolute Gasteiger partial charge is 0.407 e. The SMILES string of the molecule is CC(C)(C)OC(=O)NCCCO.Cc1ccccc1CNC(=O)OC(C)(C)C. The Morgan fingerprint density at radius 2 is 1.43 bits per heavy atom. The van der Waals surface area contributed by atoms with E-state index >= 15 is 0 Å². The monoisotopic (exact) mass is 396 g/mol. The first-order valence-corrected chi connectivity index (χ1v) is 9.43. The standard InChI is InChI=1S/C13H19NO2.C8H17NO3/c1-10-7-5-6-8-11(10)9-14-12(15)16-13(2,3)4;1-8(2,3)12-7(11)9-5-4-6-10/h5-8H,9H2,1-4H3,(H,14,15);10H,4-6H2,1-3H3,(H,9,11). The van der Waals surface area contributed by atoms with Crippen LogP contribution in [-0.4, -0.2) is 41.6 Å². The second kappa shape index (κ2) is 12.2. The van der Waals surface area contributed by atoms with E-state index in [4.69, 9.17) is 14.6 Å². The predicted octanol–water partition coefficient (Wildman–Crippen LogP) is 3.91. The molecule has 0 saturated heterocycles. The number of amides is 2. The van der Waals surface area contributed by atoms with Gasteiger partial charge >= 0.3 is 12.2 Å². The summed E-state index contributed by atoms with van der Waals surface area (Å²) in [5.74, 6) is 0. The summed E-state index contributed by atoms with van der Waals surface area (Å²) in [6.45, 7) is 14.0. The highest BCUT2D eigenvalue weighted by Crippen LogP contribution is 2.09. The summed E-state index contributed by atoms with van der Waals surface area (Å²) in [4.78, 5) is 22.3. The van der Waals surface area contributed by atoms with E-state index in [9.17, 15) is 9.59 Å². The molecular weight excluding hydrogens is 360 g/mol. The van der Waals surface area contributed by atoms with Crippen molar-refractivity contribution in [2.75, 3.05) is 13.2 Å². The van der Waals surface area contributed by atoms with Gasteiger partial charge in [-0.2, -0.15) is 0 Å². The van der Waals surface area contributed by atoms with Crippen LogP contribution in [0.3, 0.4) is 0 Å². The third-order valence-corrected chi connectivity index (χ3v) is 3.09. The Morgan fingerprint density at radius 3 is 1.89 bits per heavy atom. The topological polar surface area (TPSA) is 96.9 Å². The Morgan fingerprint density at radius 1 is 0.929 bits per heavy atom. The number of hydrogen-bond donors (Lipinski definition) is 3. The van der Waals surface area contributed by atoms with Gasteiger partial charge in [0.15, 0.2) is 0 Å². The average molecular weight is 397 g/mol. The Bertz CT molecular complexity index is 604. The van der Waals surface area contributed by atoms with Gasteiger partial charge in [0.2, 0.25) is 0 Å². The second-order valence-corrected chi connectivity index (χ2v) is 8.29.